The van der Waals surface area contributed by atoms with Gasteiger partial charge in [0.15, 0.2) is 6.23 Å². The minimum absolute atomic E-state index is 0.0927. The minimum Gasteiger partial charge on any atom is -0.389 e. The van der Waals surface area contributed by atoms with Gasteiger partial charge in [-0.15, -0.1) is 0 Å². The molecular weight excluding hydrogens is 214 g/mol. The van der Waals surface area contributed by atoms with E-state index < -0.39 is 23.9 Å². The van der Waals surface area contributed by atoms with Gasteiger partial charge in [0.05, 0.1) is 18.2 Å². The Labute approximate surface area is 92.5 Å². The Morgan fingerprint density at radius 3 is 2.81 bits per heavy atom. The van der Waals surface area contributed by atoms with Gasteiger partial charge in [0.2, 0.25) is 5.91 Å². The number of carbonyl (C=O) groups is 2. The van der Waals surface area contributed by atoms with E-state index in [0.717, 1.165) is 0 Å². The molecule has 4 N–H and O–H groups in total. The van der Waals surface area contributed by atoms with Crippen LogP contribution < -0.4 is 11.1 Å². The normalized spacial score (nSPS) is 40.1. The maximum Gasteiger partial charge on any atom is 0.326 e. The van der Waals surface area contributed by atoms with E-state index in [-0.39, 0.29) is 25.5 Å². The summed E-state index contributed by atoms with van der Waals surface area (Å²) in [6.07, 6.45) is -1.30. The number of nitrogens with zero attached hydrogens (tertiary/aromatic N) is 1. The van der Waals surface area contributed by atoms with E-state index in [1.807, 2.05) is 0 Å². The van der Waals surface area contributed by atoms with Crippen molar-refractivity contribution in [1.82, 2.24) is 10.2 Å². The highest BCUT2D eigenvalue weighted by Gasteiger charge is 2.49. The number of nitrogens with one attached hydrogen (secondary N) is 1. The van der Waals surface area contributed by atoms with Crippen LogP contribution in [0.15, 0.2) is 0 Å². The number of rotatable bonds is 1. The van der Waals surface area contributed by atoms with Crippen LogP contribution in [0, 0.1) is 0 Å². The van der Waals surface area contributed by atoms with Gasteiger partial charge < -0.3 is 15.6 Å². The molecule has 7 nitrogen and oxygen atoms in total. The Bertz CT molecular complexity index is 331. The number of hydrogen-bond donors (Lipinski definition) is 3. The summed E-state index contributed by atoms with van der Waals surface area (Å²) in [5.41, 5.74) is 4.90. The standard InChI is InChI=1S/C9H15N3O4/c1-9(10)5(13)4-16-7(9)12-3-2-6(14)11-8(12)15/h5,7,13H,2-4,10H2,1H3,(H,11,14,15)/t5-,7-,9-/m1/s1. The molecule has 0 bridgehead atoms. The Hall–Kier alpha value is -1.18. The monoisotopic (exact) mass is 229 g/mol. The van der Waals surface area contributed by atoms with Crippen molar-refractivity contribution in [1.29, 1.82) is 0 Å². The zero-order valence-electron chi connectivity index (χ0n) is 8.97. The molecule has 2 aliphatic rings. The third-order valence-corrected chi connectivity index (χ3v) is 3.03. The highest BCUT2D eigenvalue weighted by molar-refractivity contribution is 5.96. The number of ether oxygens (including phenoxy) is 1. The van der Waals surface area contributed by atoms with Gasteiger partial charge in [-0.2, -0.15) is 0 Å². The summed E-state index contributed by atoms with van der Waals surface area (Å²) in [4.78, 5) is 23.9. The summed E-state index contributed by atoms with van der Waals surface area (Å²) in [7, 11) is 0. The molecule has 90 valence electrons. The Morgan fingerprint density at radius 1 is 1.62 bits per heavy atom. The second-order valence-electron chi connectivity index (χ2n) is 4.36. The van der Waals surface area contributed by atoms with Crippen LogP contribution in [-0.2, 0) is 9.53 Å². The smallest absolute Gasteiger partial charge is 0.326 e. The first kappa shape index (κ1) is 11.3. The average molecular weight is 229 g/mol. The predicted molar refractivity (Wildman–Crippen MR) is 53.2 cm³/mol. The van der Waals surface area contributed by atoms with Crippen molar-refractivity contribution < 1.29 is 19.4 Å². The SMILES string of the molecule is C[C@@]1(N)[C@H](O)CO[C@H]1N1CCC(=O)NC1=O. The summed E-state index contributed by atoms with van der Waals surface area (Å²) in [5.74, 6) is -0.307. The molecule has 0 aliphatic carbocycles. The van der Waals surface area contributed by atoms with Crippen LogP contribution >= 0.6 is 0 Å². The largest absolute Gasteiger partial charge is 0.389 e. The van der Waals surface area contributed by atoms with Gasteiger partial charge in [-0.25, -0.2) is 4.79 Å². The lowest BCUT2D eigenvalue weighted by Gasteiger charge is -2.38. The third-order valence-electron chi connectivity index (χ3n) is 3.03. The fourth-order valence-corrected chi connectivity index (χ4v) is 1.93. The van der Waals surface area contributed by atoms with E-state index >= 15 is 0 Å². The molecule has 3 amide bonds. The zero-order valence-corrected chi connectivity index (χ0v) is 8.97. The third kappa shape index (κ3) is 1.66. The van der Waals surface area contributed by atoms with Crippen molar-refractivity contribution in [3.05, 3.63) is 0 Å². The number of carbonyl (C=O) groups excluding carboxylic acids is 2. The Kier molecular flexibility index (Phi) is 2.61. The maximum absolute atomic E-state index is 11.6. The van der Waals surface area contributed by atoms with Crippen LogP contribution in [0.4, 0.5) is 4.79 Å². The van der Waals surface area contributed by atoms with Crippen molar-refractivity contribution in [3.8, 4) is 0 Å². The van der Waals surface area contributed by atoms with Gasteiger partial charge in [0.1, 0.15) is 0 Å². The number of amides is 3. The van der Waals surface area contributed by atoms with Crippen molar-refractivity contribution in [3.63, 3.8) is 0 Å². The quantitative estimate of drug-likeness (QED) is 0.500. The highest BCUT2D eigenvalue weighted by Crippen LogP contribution is 2.27. The number of hydrogen-bond acceptors (Lipinski definition) is 5. The van der Waals surface area contributed by atoms with Crippen molar-refractivity contribution in [2.24, 2.45) is 5.73 Å². The molecular formula is C9H15N3O4. The molecule has 0 radical (unpaired) electrons. The topological polar surface area (TPSA) is 105 Å². The molecule has 2 aliphatic heterocycles. The lowest BCUT2D eigenvalue weighted by atomic mass is 9.96. The van der Waals surface area contributed by atoms with Gasteiger partial charge in [-0.05, 0) is 6.92 Å². The molecule has 7 heteroatoms. The van der Waals surface area contributed by atoms with Crippen LogP contribution in [-0.4, -0.2) is 53.0 Å². The second-order valence-corrected chi connectivity index (χ2v) is 4.36. The minimum atomic E-state index is -1.02. The molecule has 2 rings (SSSR count). The molecule has 0 unspecified atom stereocenters. The molecule has 0 spiro atoms. The van der Waals surface area contributed by atoms with Gasteiger partial charge in [-0.1, -0.05) is 0 Å². The van der Waals surface area contributed by atoms with Crippen molar-refractivity contribution >= 4 is 11.9 Å². The molecule has 2 saturated heterocycles. The fraction of sp³-hybridized carbons (Fsp3) is 0.778. The number of aliphatic hydroxyl groups excluding tert-OH is 1. The molecule has 0 saturated carbocycles. The fourth-order valence-electron chi connectivity index (χ4n) is 1.93. The van der Waals surface area contributed by atoms with Crippen LogP contribution in [0.2, 0.25) is 0 Å². The molecule has 2 heterocycles. The number of urea groups is 1. The summed E-state index contributed by atoms with van der Waals surface area (Å²) < 4.78 is 5.30. The van der Waals surface area contributed by atoms with Crippen LogP contribution in [0.25, 0.3) is 0 Å². The van der Waals surface area contributed by atoms with Gasteiger partial charge in [-0.3, -0.25) is 15.0 Å². The molecule has 0 aromatic heterocycles. The van der Waals surface area contributed by atoms with E-state index in [4.69, 9.17) is 10.5 Å². The van der Waals surface area contributed by atoms with E-state index in [9.17, 15) is 14.7 Å². The summed E-state index contributed by atoms with van der Waals surface area (Å²) >= 11 is 0. The van der Waals surface area contributed by atoms with Crippen molar-refractivity contribution in [2.45, 2.75) is 31.2 Å². The lowest BCUT2D eigenvalue weighted by Crippen LogP contribution is -2.64. The first-order valence-corrected chi connectivity index (χ1v) is 5.12. The second kappa shape index (κ2) is 3.69. The molecule has 16 heavy (non-hydrogen) atoms. The predicted octanol–water partition coefficient (Wildman–Crippen LogP) is -1.64. The number of aliphatic hydroxyl groups is 1. The number of imide groups is 1. The van der Waals surface area contributed by atoms with Crippen LogP contribution in [0.1, 0.15) is 13.3 Å². The Balaban J connectivity index is 2.14. The first-order chi connectivity index (χ1) is 7.43. The van der Waals surface area contributed by atoms with Crippen LogP contribution in [0.3, 0.4) is 0 Å². The molecule has 0 aromatic rings. The summed E-state index contributed by atoms with van der Waals surface area (Å²) in [6.45, 7) is 1.98. The highest BCUT2D eigenvalue weighted by atomic mass is 16.5. The number of nitrogens with two attached hydrogens (primary N) is 1. The van der Waals surface area contributed by atoms with Crippen LogP contribution in [0.5, 0.6) is 0 Å². The lowest BCUT2D eigenvalue weighted by molar-refractivity contribution is -0.123. The van der Waals surface area contributed by atoms with Gasteiger partial charge in [0, 0.05) is 13.0 Å². The maximum atomic E-state index is 11.6. The van der Waals surface area contributed by atoms with E-state index in [1.165, 1.54) is 4.90 Å². The van der Waals surface area contributed by atoms with E-state index in [0.29, 0.717) is 0 Å². The van der Waals surface area contributed by atoms with E-state index in [1.54, 1.807) is 6.92 Å². The summed E-state index contributed by atoms with van der Waals surface area (Å²) in [5, 5.41) is 11.8. The van der Waals surface area contributed by atoms with Gasteiger partial charge in [0.25, 0.3) is 0 Å². The van der Waals surface area contributed by atoms with Crippen molar-refractivity contribution in [2.75, 3.05) is 13.2 Å². The molecule has 2 fully saturated rings. The molecule has 3 atom stereocenters. The first-order valence-electron chi connectivity index (χ1n) is 5.12. The average Bonchev–Trinajstić information content (AvgIpc) is 2.44. The zero-order chi connectivity index (χ0) is 11.9. The summed E-state index contributed by atoms with van der Waals surface area (Å²) in [6, 6.07) is -0.521. The van der Waals surface area contributed by atoms with Gasteiger partial charge >= 0.3 is 6.03 Å². The Morgan fingerprint density at radius 2 is 2.31 bits per heavy atom. The van der Waals surface area contributed by atoms with E-state index in [2.05, 4.69) is 5.32 Å². The molecule has 0 aromatic carbocycles.